The minimum Gasteiger partial charge on any atom is -0.508 e. The molecule has 0 saturated carbocycles. The van der Waals surface area contributed by atoms with Crippen LogP contribution in [0.3, 0.4) is 0 Å². The Labute approximate surface area is 149 Å². The van der Waals surface area contributed by atoms with Crippen LogP contribution in [0.1, 0.15) is 22.3 Å². The molecule has 0 aliphatic rings. The quantitative estimate of drug-likeness (QED) is 0.830. The Morgan fingerprint density at radius 1 is 0.840 bits per heavy atom. The molecule has 1 N–H and O–H groups in total. The Morgan fingerprint density at radius 3 is 2.04 bits per heavy atom. The van der Waals surface area contributed by atoms with Gasteiger partial charge in [0, 0.05) is 24.2 Å². The second-order valence-electron chi connectivity index (χ2n) is 6.23. The van der Waals surface area contributed by atoms with Gasteiger partial charge in [-0.1, -0.05) is 12.1 Å². The molecular weight excluding hydrogens is 318 g/mol. The van der Waals surface area contributed by atoms with Crippen LogP contribution in [0.4, 0.5) is 0 Å². The number of aryl methyl sites for hydroxylation is 2. The van der Waals surface area contributed by atoms with Gasteiger partial charge >= 0.3 is 0 Å². The lowest BCUT2D eigenvalue weighted by molar-refractivity contribution is 0.293. The van der Waals surface area contributed by atoms with E-state index in [9.17, 15) is 5.11 Å². The third-order valence-electron chi connectivity index (χ3n) is 4.36. The summed E-state index contributed by atoms with van der Waals surface area (Å²) >= 11 is 0. The average Bonchev–Trinajstić information content (AvgIpc) is 2.58. The first kappa shape index (κ1) is 18.9. The zero-order valence-corrected chi connectivity index (χ0v) is 15.8. The number of ether oxygens (including phenoxy) is 3. The Balaban J connectivity index is 2.23. The third kappa shape index (κ3) is 4.17. The van der Waals surface area contributed by atoms with Crippen molar-refractivity contribution in [3.05, 3.63) is 46.5 Å². The molecule has 0 heterocycles. The molecule has 0 spiro atoms. The Hall–Kier alpha value is -2.40. The van der Waals surface area contributed by atoms with Crippen LogP contribution < -0.4 is 14.2 Å². The van der Waals surface area contributed by atoms with Crippen molar-refractivity contribution in [3.8, 4) is 23.0 Å². The van der Waals surface area contributed by atoms with Crippen LogP contribution in [0.5, 0.6) is 23.0 Å². The highest BCUT2D eigenvalue weighted by Gasteiger charge is 2.17. The van der Waals surface area contributed by atoms with Crippen LogP contribution in [0.2, 0.25) is 0 Å². The van der Waals surface area contributed by atoms with E-state index < -0.39 is 0 Å². The Kier molecular flexibility index (Phi) is 6.15. The van der Waals surface area contributed by atoms with Crippen molar-refractivity contribution < 1.29 is 19.3 Å². The number of methoxy groups -OCH3 is 3. The van der Waals surface area contributed by atoms with Gasteiger partial charge < -0.3 is 19.3 Å². The van der Waals surface area contributed by atoms with E-state index >= 15 is 0 Å². The number of rotatable bonds is 7. The summed E-state index contributed by atoms with van der Waals surface area (Å²) in [4.78, 5) is 2.12. The molecule has 0 radical (unpaired) electrons. The van der Waals surface area contributed by atoms with Crippen LogP contribution in [0, 0.1) is 13.8 Å². The molecule has 5 nitrogen and oxygen atoms in total. The minimum atomic E-state index is 0.328. The molecule has 5 heteroatoms. The zero-order valence-electron chi connectivity index (χ0n) is 15.8. The van der Waals surface area contributed by atoms with Crippen molar-refractivity contribution in [1.82, 2.24) is 4.90 Å². The summed E-state index contributed by atoms with van der Waals surface area (Å²) in [5, 5.41) is 10.2. The summed E-state index contributed by atoms with van der Waals surface area (Å²) in [6.45, 7) is 5.33. The standard InChI is InChI=1S/C20H27NO4/c1-13-9-16(17(22)10-14(13)2)12-21(3)11-15-7-8-18(23-4)20(25-6)19(15)24-5/h7-10,22H,11-12H2,1-6H3. The Morgan fingerprint density at radius 2 is 1.44 bits per heavy atom. The largest absolute Gasteiger partial charge is 0.508 e. The molecule has 0 bridgehead atoms. The lowest BCUT2D eigenvalue weighted by Gasteiger charge is -2.21. The summed E-state index contributed by atoms with van der Waals surface area (Å²) in [6, 6.07) is 7.69. The maximum absolute atomic E-state index is 10.2. The molecule has 0 aliphatic heterocycles. The molecule has 0 atom stereocenters. The summed E-state index contributed by atoms with van der Waals surface area (Å²) in [7, 11) is 6.83. The van der Waals surface area contributed by atoms with E-state index in [0.717, 1.165) is 16.7 Å². The van der Waals surface area contributed by atoms with Crippen molar-refractivity contribution in [3.63, 3.8) is 0 Å². The number of phenolic OH excluding ortho intramolecular Hbond substituents is 1. The van der Waals surface area contributed by atoms with Gasteiger partial charge in [-0.2, -0.15) is 0 Å². The summed E-state index contributed by atoms with van der Waals surface area (Å²) in [5.74, 6) is 2.22. The number of nitrogens with zero attached hydrogens (tertiary/aromatic N) is 1. The van der Waals surface area contributed by atoms with Crippen LogP contribution in [0.15, 0.2) is 24.3 Å². The average molecular weight is 345 g/mol. The van der Waals surface area contributed by atoms with Crippen LogP contribution in [-0.4, -0.2) is 38.4 Å². The van der Waals surface area contributed by atoms with Crippen molar-refractivity contribution in [2.24, 2.45) is 0 Å². The first-order chi connectivity index (χ1) is 11.9. The van der Waals surface area contributed by atoms with Crippen molar-refractivity contribution in [2.45, 2.75) is 26.9 Å². The summed E-state index contributed by atoms with van der Waals surface area (Å²) in [5.41, 5.74) is 4.16. The van der Waals surface area contributed by atoms with Gasteiger partial charge in [-0.05, 0) is 44.2 Å². The lowest BCUT2D eigenvalue weighted by atomic mass is 10.0. The smallest absolute Gasteiger partial charge is 0.203 e. The first-order valence-corrected chi connectivity index (χ1v) is 8.16. The molecule has 0 fully saturated rings. The fraction of sp³-hybridized carbons (Fsp3) is 0.400. The fourth-order valence-electron chi connectivity index (χ4n) is 2.91. The minimum absolute atomic E-state index is 0.328. The second-order valence-corrected chi connectivity index (χ2v) is 6.23. The maximum Gasteiger partial charge on any atom is 0.203 e. The number of hydrogen-bond donors (Lipinski definition) is 1. The van der Waals surface area contributed by atoms with E-state index in [4.69, 9.17) is 14.2 Å². The van der Waals surface area contributed by atoms with Crippen LogP contribution in [-0.2, 0) is 13.1 Å². The van der Waals surface area contributed by atoms with Crippen molar-refractivity contribution >= 4 is 0 Å². The van der Waals surface area contributed by atoms with Crippen molar-refractivity contribution in [1.29, 1.82) is 0 Å². The van der Waals surface area contributed by atoms with Gasteiger partial charge in [-0.3, -0.25) is 4.90 Å². The molecule has 0 aliphatic carbocycles. The van der Waals surface area contributed by atoms with Gasteiger partial charge in [0.05, 0.1) is 21.3 Å². The van der Waals surface area contributed by atoms with Gasteiger partial charge in [-0.25, -0.2) is 0 Å². The van der Waals surface area contributed by atoms with Crippen LogP contribution >= 0.6 is 0 Å². The molecule has 0 aromatic heterocycles. The maximum atomic E-state index is 10.2. The number of phenols is 1. The highest BCUT2D eigenvalue weighted by atomic mass is 16.5. The molecular formula is C20H27NO4. The molecule has 136 valence electrons. The third-order valence-corrected chi connectivity index (χ3v) is 4.36. The zero-order chi connectivity index (χ0) is 18.6. The fourth-order valence-corrected chi connectivity index (χ4v) is 2.91. The van der Waals surface area contributed by atoms with Gasteiger partial charge in [0.2, 0.25) is 5.75 Å². The summed E-state index contributed by atoms with van der Waals surface area (Å²) < 4.78 is 16.3. The SMILES string of the molecule is COc1ccc(CN(C)Cc2cc(C)c(C)cc2O)c(OC)c1OC. The number of benzene rings is 2. The molecule has 0 amide bonds. The van der Waals surface area contributed by atoms with Crippen molar-refractivity contribution in [2.75, 3.05) is 28.4 Å². The predicted molar refractivity (Wildman–Crippen MR) is 98.8 cm³/mol. The van der Waals surface area contributed by atoms with E-state index in [0.29, 0.717) is 36.1 Å². The highest BCUT2D eigenvalue weighted by molar-refractivity contribution is 5.55. The van der Waals surface area contributed by atoms with E-state index in [1.807, 2.05) is 38.2 Å². The molecule has 2 rings (SSSR count). The van der Waals surface area contributed by atoms with Gasteiger partial charge in [0.25, 0.3) is 0 Å². The molecule has 0 unspecified atom stereocenters. The van der Waals surface area contributed by atoms with E-state index in [2.05, 4.69) is 11.8 Å². The van der Waals surface area contributed by atoms with Gasteiger partial charge in [0.15, 0.2) is 11.5 Å². The molecule has 2 aromatic carbocycles. The van der Waals surface area contributed by atoms with E-state index in [1.54, 1.807) is 21.3 Å². The van der Waals surface area contributed by atoms with E-state index in [-0.39, 0.29) is 0 Å². The molecule has 25 heavy (non-hydrogen) atoms. The number of aromatic hydroxyl groups is 1. The normalized spacial score (nSPS) is 10.8. The van der Waals surface area contributed by atoms with Gasteiger partial charge in [0.1, 0.15) is 5.75 Å². The lowest BCUT2D eigenvalue weighted by Crippen LogP contribution is -2.18. The summed E-state index contributed by atoms with van der Waals surface area (Å²) in [6.07, 6.45) is 0. The predicted octanol–water partition coefficient (Wildman–Crippen LogP) is 3.67. The highest BCUT2D eigenvalue weighted by Crippen LogP contribution is 2.40. The molecule has 0 saturated heterocycles. The van der Waals surface area contributed by atoms with E-state index in [1.165, 1.54) is 5.56 Å². The number of hydrogen-bond acceptors (Lipinski definition) is 5. The molecule has 2 aromatic rings. The monoisotopic (exact) mass is 345 g/mol. The van der Waals surface area contributed by atoms with Crippen LogP contribution in [0.25, 0.3) is 0 Å². The second kappa shape index (κ2) is 8.12. The topological polar surface area (TPSA) is 51.2 Å². The first-order valence-electron chi connectivity index (χ1n) is 8.16. The Bertz CT molecular complexity index is 743. The van der Waals surface area contributed by atoms with Gasteiger partial charge in [-0.15, -0.1) is 0 Å².